The van der Waals surface area contributed by atoms with Crippen LogP contribution in [0, 0.1) is 12.8 Å². The fourth-order valence-corrected chi connectivity index (χ4v) is 1.93. The Bertz CT molecular complexity index is 393. The molecule has 18 heavy (non-hydrogen) atoms. The molecule has 2 atom stereocenters. The molecular formula is C15H22O3. The largest absolute Gasteiger partial charge is 0.481 e. The number of carbonyl (C=O) groups is 1. The second kappa shape index (κ2) is 6.01. The Morgan fingerprint density at radius 3 is 2.33 bits per heavy atom. The zero-order valence-electron chi connectivity index (χ0n) is 11.3. The average molecular weight is 250 g/mol. The summed E-state index contributed by atoms with van der Waals surface area (Å²) in [6.45, 7) is 5.56. The minimum absolute atomic E-state index is 0.284. The van der Waals surface area contributed by atoms with Crippen molar-refractivity contribution in [3.05, 3.63) is 35.4 Å². The third kappa shape index (κ3) is 4.49. The standard InChI is InChI=1S/C15H22O3/c1-4-15(3,18)10-13(14(16)17)9-12-7-5-11(2)6-8-12/h5-8,13,18H,4,9-10H2,1-3H3,(H,16,17). The van der Waals surface area contributed by atoms with Gasteiger partial charge in [0.1, 0.15) is 0 Å². The molecular weight excluding hydrogens is 228 g/mol. The third-order valence-electron chi connectivity index (χ3n) is 3.40. The molecule has 0 aliphatic carbocycles. The smallest absolute Gasteiger partial charge is 0.306 e. The van der Waals surface area contributed by atoms with Gasteiger partial charge < -0.3 is 10.2 Å². The molecule has 0 aliphatic rings. The molecule has 0 aromatic heterocycles. The lowest BCUT2D eigenvalue weighted by atomic mass is 9.86. The molecule has 0 radical (unpaired) electrons. The van der Waals surface area contributed by atoms with Gasteiger partial charge in [-0.2, -0.15) is 0 Å². The van der Waals surface area contributed by atoms with Crippen LogP contribution in [0.2, 0.25) is 0 Å². The summed E-state index contributed by atoms with van der Waals surface area (Å²) in [4.78, 5) is 11.3. The summed E-state index contributed by atoms with van der Waals surface area (Å²) in [6.07, 6.45) is 1.31. The minimum Gasteiger partial charge on any atom is -0.481 e. The molecule has 1 aromatic carbocycles. The number of aliphatic carboxylic acids is 1. The Balaban J connectivity index is 2.75. The number of carboxylic acid groups (broad SMARTS) is 1. The molecule has 0 heterocycles. The molecule has 2 unspecified atom stereocenters. The number of benzene rings is 1. The van der Waals surface area contributed by atoms with E-state index in [-0.39, 0.29) is 6.42 Å². The molecule has 2 N–H and O–H groups in total. The van der Waals surface area contributed by atoms with Gasteiger partial charge in [0, 0.05) is 0 Å². The van der Waals surface area contributed by atoms with Gasteiger partial charge in [-0.05, 0) is 38.7 Å². The minimum atomic E-state index is -0.909. The summed E-state index contributed by atoms with van der Waals surface area (Å²) in [7, 11) is 0. The van der Waals surface area contributed by atoms with Crippen molar-refractivity contribution in [2.75, 3.05) is 0 Å². The average Bonchev–Trinajstić information content (AvgIpc) is 2.31. The molecule has 0 amide bonds. The SMILES string of the molecule is CCC(C)(O)CC(Cc1ccc(C)cc1)C(=O)O. The lowest BCUT2D eigenvalue weighted by Gasteiger charge is -2.25. The summed E-state index contributed by atoms with van der Waals surface area (Å²) in [5.41, 5.74) is 1.25. The normalized spacial score (nSPS) is 16.0. The van der Waals surface area contributed by atoms with E-state index in [0.717, 1.165) is 11.1 Å². The first kappa shape index (κ1) is 14.7. The molecule has 0 fully saturated rings. The molecule has 3 nitrogen and oxygen atoms in total. The number of aliphatic hydroxyl groups is 1. The van der Waals surface area contributed by atoms with Crippen LogP contribution in [0.4, 0.5) is 0 Å². The van der Waals surface area contributed by atoms with Crippen LogP contribution in [0.15, 0.2) is 24.3 Å². The first-order valence-electron chi connectivity index (χ1n) is 6.35. The Kier molecular flexibility index (Phi) is 4.91. The predicted molar refractivity (Wildman–Crippen MR) is 71.5 cm³/mol. The van der Waals surface area contributed by atoms with Gasteiger partial charge in [0.25, 0.3) is 0 Å². The Hall–Kier alpha value is -1.35. The van der Waals surface area contributed by atoms with E-state index in [2.05, 4.69) is 0 Å². The number of aryl methyl sites for hydroxylation is 1. The van der Waals surface area contributed by atoms with Gasteiger partial charge in [0.2, 0.25) is 0 Å². The Morgan fingerprint density at radius 2 is 1.89 bits per heavy atom. The van der Waals surface area contributed by atoms with Crippen LogP contribution in [0.25, 0.3) is 0 Å². The fourth-order valence-electron chi connectivity index (χ4n) is 1.93. The molecule has 3 heteroatoms. The third-order valence-corrected chi connectivity index (χ3v) is 3.40. The molecule has 1 rings (SSSR count). The summed E-state index contributed by atoms with van der Waals surface area (Å²) < 4.78 is 0. The van der Waals surface area contributed by atoms with Crippen molar-refractivity contribution in [3.8, 4) is 0 Å². The van der Waals surface area contributed by atoms with Crippen LogP contribution in [0.1, 0.15) is 37.8 Å². The van der Waals surface area contributed by atoms with Crippen molar-refractivity contribution in [1.29, 1.82) is 0 Å². The van der Waals surface area contributed by atoms with Crippen LogP contribution in [0.3, 0.4) is 0 Å². The van der Waals surface area contributed by atoms with Crippen molar-refractivity contribution in [2.24, 2.45) is 5.92 Å². The van der Waals surface area contributed by atoms with Crippen molar-refractivity contribution < 1.29 is 15.0 Å². The molecule has 0 spiro atoms. The second-order valence-corrected chi connectivity index (χ2v) is 5.28. The van der Waals surface area contributed by atoms with Crippen molar-refractivity contribution in [2.45, 2.75) is 45.6 Å². The molecule has 0 bridgehead atoms. The molecule has 1 aromatic rings. The monoisotopic (exact) mass is 250 g/mol. The van der Waals surface area contributed by atoms with Crippen molar-refractivity contribution in [1.82, 2.24) is 0 Å². The topological polar surface area (TPSA) is 57.5 Å². The van der Waals surface area contributed by atoms with Crippen LogP contribution in [0.5, 0.6) is 0 Å². The van der Waals surface area contributed by atoms with E-state index in [1.165, 1.54) is 0 Å². The second-order valence-electron chi connectivity index (χ2n) is 5.28. The molecule has 0 aliphatic heterocycles. The van der Waals surface area contributed by atoms with Gasteiger partial charge in [-0.3, -0.25) is 4.79 Å². The van der Waals surface area contributed by atoms with E-state index in [4.69, 9.17) is 0 Å². The van der Waals surface area contributed by atoms with Gasteiger partial charge in [0.15, 0.2) is 0 Å². The maximum Gasteiger partial charge on any atom is 0.306 e. The maximum absolute atomic E-state index is 11.3. The highest BCUT2D eigenvalue weighted by Crippen LogP contribution is 2.23. The lowest BCUT2D eigenvalue weighted by molar-refractivity contribution is -0.144. The van der Waals surface area contributed by atoms with E-state index in [1.807, 2.05) is 38.1 Å². The van der Waals surface area contributed by atoms with E-state index in [9.17, 15) is 15.0 Å². The Labute approximate surface area is 108 Å². The number of hydrogen-bond acceptors (Lipinski definition) is 2. The van der Waals surface area contributed by atoms with E-state index >= 15 is 0 Å². The maximum atomic E-state index is 11.3. The summed E-state index contributed by atoms with van der Waals surface area (Å²) in [5, 5.41) is 19.2. The lowest BCUT2D eigenvalue weighted by Crippen LogP contribution is -2.31. The van der Waals surface area contributed by atoms with Gasteiger partial charge in [-0.25, -0.2) is 0 Å². The van der Waals surface area contributed by atoms with Crippen LogP contribution in [-0.2, 0) is 11.2 Å². The Morgan fingerprint density at radius 1 is 1.33 bits per heavy atom. The zero-order chi connectivity index (χ0) is 13.8. The summed E-state index contributed by atoms with van der Waals surface area (Å²) in [5.74, 6) is -1.38. The fraction of sp³-hybridized carbons (Fsp3) is 0.533. The first-order valence-corrected chi connectivity index (χ1v) is 6.35. The van der Waals surface area contributed by atoms with Gasteiger partial charge >= 0.3 is 5.97 Å². The van der Waals surface area contributed by atoms with E-state index in [1.54, 1.807) is 6.92 Å². The zero-order valence-corrected chi connectivity index (χ0v) is 11.3. The summed E-state index contributed by atoms with van der Waals surface area (Å²) >= 11 is 0. The quantitative estimate of drug-likeness (QED) is 0.816. The van der Waals surface area contributed by atoms with Crippen LogP contribution in [-0.4, -0.2) is 21.8 Å². The molecule has 100 valence electrons. The highest BCUT2D eigenvalue weighted by Gasteiger charge is 2.28. The van der Waals surface area contributed by atoms with Gasteiger partial charge in [0.05, 0.1) is 11.5 Å². The number of carboxylic acids is 1. The van der Waals surface area contributed by atoms with Crippen molar-refractivity contribution in [3.63, 3.8) is 0 Å². The van der Waals surface area contributed by atoms with Crippen LogP contribution < -0.4 is 0 Å². The van der Waals surface area contributed by atoms with E-state index in [0.29, 0.717) is 12.8 Å². The van der Waals surface area contributed by atoms with E-state index < -0.39 is 17.5 Å². The van der Waals surface area contributed by atoms with Crippen LogP contribution >= 0.6 is 0 Å². The molecule has 0 saturated heterocycles. The van der Waals surface area contributed by atoms with Crippen molar-refractivity contribution >= 4 is 5.97 Å². The molecule has 0 saturated carbocycles. The first-order chi connectivity index (χ1) is 8.34. The summed E-state index contributed by atoms with van der Waals surface area (Å²) in [6, 6.07) is 7.86. The highest BCUT2D eigenvalue weighted by molar-refractivity contribution is 5.70. The number of rotatable bonds is 6. The highest BCUT2D eigenvalue weighted by atomic mass is 16.4. The predicted octanol–water partition coefficient (Wildman–Crippen LogP) is 2.79. The van der Waals surface area contributed by atoms with Gasteiger partial charge in [-0.15, -0.1) is 0 Å². The van der Waals surface area contributed by atoms with Gasteiger partial charge in [-0.1, -0.05) is 36.8 Å². The number of hydrogen-bond donors (Lipinski definition) is 2.